The molecule has 3 aliphatic rings. The summed E-state index contributed by atoms with van der Waals surface area (Å²) in [5.74, 6) is 1.23. The summed E-state index contributed by atoms with van der Waals surface area (Å²) in [5, 5.41) is 3.56. The van der Waals surface area contributed by atoms with Crippen molar-refractivity contribution in [2.24, 2.45) is 10.9 Å². The first-order chi connectivity index (χ1) is 14.7. The fourth-order valence-electron chi connectivity index (χ4n) is 4.10. The summed E-state index contributed by atoms with van der Waals surface area (Å²) in [6.07, 6.45) is 2.47. The van der Waals surface area contributed by atoms with Crippen molar-refractivity contribution in [3.63, 3.8) is 0 Å². The summed E-state index contributed by atoms with van der Waals surface area (Å²) in [5.41, 5.74) is 2.63. The number of morpholine rings is 1. The number of methoxy groups -OCH3 is 1. The summed E-state index contributed by atoms with van der Waals surface area (Å²) in [7, 11) is 1.45. The van der Waals surface area contributed by atoms with Crippen LogP contribution in [0.3, 0.4) is 0 Å². The lowest BCUT2D eigenvalue weighted by molar-refractivity contribution is -0.136. The first-order valence-corrected chi connectivity index (χ1v) is 10.9. The number of benzene rings is 1. The van der Waals surface area contributed by atoms with Crippen molar-refractivity contribution in [2.45, 2.75) is 25.8 Å². The van der Waals surface area contributed by atoms with Crippen molar-refractivity contribution in [2.75, 3.05) is 53.0 Å². The average Bonchev–Trinajstić information content (AvgIpc) is 3.61. The van der Waals surface area contributed by atoms with Crippen molar-refractivity contribution in [1.82, 2.24) is 15.1 Å². The van der Waals surface area contributed by atoms with Gasteiger partial charge >= 0.3 is 5.97 Å². The standard InChI is InChI=1S/C23H32N4O3/c1-17-20(22(28)29-2)21(19-6-4-3-5-7-19)25-23(27(17)16-18-8-9-18)24-10-11-26-12-14-30-15-13-26/h3-7,18,21H,8-16H2,1-2H3,(H,24,25)/t21-/m0/s1. The van der Waals surface area contributed by atoms with E-state index in [9.17, 15) is 4.79 Å². The summed E-state index contributed by atoms with van der Waals surface area (Å²) in [6, 6.07) is 9.78. The Morgan fingerprint density at radius 1 is 1.23 bits per heavy atom. The summed E-state index contributed by atoms with van der Waals surface area (Å²) in [4.78, 5) is 22.2. The predicted molar refractivity (Wildman–Crippen MR) is 116 cm³/mol. The van der Waals surface area contributed by atoms with Gasteiger partial charge in [-0.15, -0.1) is 0 Å². The third-order valence-corrected chi connectivity index (χ3v) is 6.07. The molecular weight excluding hydrogens is 380 g/mol. The second-order valence-corrected chi connectivity index (χ2v) is 8.19. The van der Waals surface area contributed by atoms with Gasteiger partial charge in [-0.05, 0) is 31.2 Å². The minimum absolute atomic E-state index is 0.267. The normalized spacial score (nSPS) is 24.1. The molecule has 1 aliphatic carbocycles. The van der Waals surface area contributed by atoms with Gasteiger partial charge in [0.15, 0.2) is 5.96 Å². The number of hydrogen-bond acceptors (Lipinski definition) is 5. The van der Waals surface area contributed by atoms with Gasteiger partial charge in [-0.2, -0.15) is 0 Å². The molecule has 1 atom stereocenters. The lowest BCUT2D eigenvalue weighted by Crippen LogP contribution is -2.50. The Hall–Kier alpha value is -2.38. The fourth-order valence-corrected chi connectivity index (χ4v) is 4.10. The van der Waals surface area contributed by atoms with Crippen LogP contribution in [0.25, 0.3) is 0 Å². The second-order valence-electron chi connectivity index (χ2n) is 8.19. The summed E-state index contributed by atoms with van der Waals surface area (Å²) >= 11 is 0. The highest BCUT2D eigenvalue weighted by Gasteiger charge is 2.37. The van der Waals surface area contributed by atoms with Crippen LogP contribution >= 0.6 is 0 Å². The monoisotopic (exact) mass is 412 g/mol. The Bertz CT molecular complexity index is 798. The Morgan fingerprint density at radius 2 is 1.97 bits per heavy atom. The molecule has 7 heteroatoms. The maximum absolute atomic E-state index is 12.7. The molecule has 0 unspecified atom stereocenters. The smallest absolute Gasteiger partial charge is 0.337 e. The van der Waals surface area contributed by atoms with E-state index >= 15 is 0 Å². The van der Waals surface area contributed by atoms with E-state index in [4.69, 9.17) is 14.5 Å². The first-order valence-electron chi connectivity index (χ1n) is 10.9. The Morgan fingerprint density at radius 3 is 2.63 bits per heavy atom. The molecule has 0 bridgehead atoms. The maximum atomic E-state index is 12.7. The number of hydrogen-bond donors (Lipinski definition) is 1. The van der Waals surface area contributed by atoms with Crippen molar-refractivity contribution in [1.29, 1.82) is 0 Å². The van der Waals surface area contributed by atoms with E-state index in [2.05, 4.69) is 15.1 Å². The van der Waals surface area contributed by atoms with Crippen LogP contribution in [0.15, 0.2) is 46.6 Å². The molecule has 0 spiro atoms. The number of nitrogens with one attached hydrogen (secondary N) is 1. The largest absolute Gasteiger partial charge is 0.466 e. The van der Waals surface area contributed by atoms with Crippen molar-refractivity contribution in [3.05, 3.63) is 47.2 Å². The topological polar surface area (TPSA) is 66.4 Å². The SMILES string of the molecule is COC(=O)C1=C(C)N(CC2CC2)C(=NCCN2CCOCC2)N[C@H]1c1ccccc1. The Labute approximate surface area is 178 Å². The summed E-state index contributed by atoms with van der Waals surface area (Å²) < 4.78 is 10.6. The minimum atomic E-state index is -0.290. The number of carbonyl (C=O) groups excluding carboxylic acids is 1. The average molecular weight is 413 g/mol. The fraction of sp³-hybridized carbons (Fsp3) is 0.565. The van der Waals surface area contributed by atoms with Crippen LogP contribution < -0.4 is 5.32 Å². The Balaban J connectivity index is 1.61. The molecule has 2 heterocycles. The molecule has 7 nitrogen and oxygen atoms in total. The molecule has 30 heavy (non-hydrogen) atoms. The van der Waals surface area contributed by atoms with E-state index in [1.165, 1.54) is 20.0 Å². The second kappa shape index (κ2) is 9.62. The molecule has 0 amide bonds. The van der Waals surface area contributed by atoms with Gasteiger partial charge in [0.05, 0.1) is 38.5 Å². The molecule has 1 saturated heterocycles. The maximum Gasteiger partial charge on any atom is 0.337 e. The van der Waals surface area contributed by atoms with E-state index < -0.39 is 0 Å². The number of nitrogens with zero attached hydrogens (tertiary/aromatic N) is 3. The number of ether oxygens (including phenoxy) is 2. The number of guanidine groups is 1. The molecule has 0 radical (unpaired) electrons. The third-order valence-electron chi connectivity index (χ3n) is 6.07. The van der Waals surface area contributed by atoms with E-state index in [0.717, 1.165) is 56.6 Å². The van der Waals surface area contributed by atoms with E-state index in [0.29, 0.717) is 18.0 Å². The highest BCUT2D eigenvalue weighted by Crippen LogP contribution is 2.35. The number of carbonyl (C=O) groups is 1. The van der Waals surface area contributed by atoms with Gasteiger partial charge in [0.2, 0.25) is 0 Å². The van der Waals surface area contributed by atoms with Crippen LogP contribution in [0.1, 0.15) is 31.4 Å². The highest BCUT2D eigenvalue weighted by molar-refractivity contribution is 5.96. The zero-order chi connectivity index (χ0) is 20.9. The van der Waals surface area contributed by atoms with Gasteiger partial charge in [-0.25, -0.2) is 4.79 Å². The quantitative estimate of drug-likeness (QED) is 0.693. The van der Waals surface area contributed by atoms with Gasteiger partial charge in [-0.1, -0.05) is 30.3 Å². The van der Waals surface area contributed by atoms with Crippen LogP contribution in [0, 0.1) is 5.92 Å². The molecule has 1 aromatic rings. The van der Waals surface area contributed by atoms with Crippen LogP contribution in [0.4, 0.5) is 0 Å². The molecule has 0 aromatic heterocycles. The van der Waals surface area contributed by atoms with Gasteiger partial charge < -0.3 is 19.7 Å². The predicted octanol–water partition coefficient (Wildman–Crippen LogP) is 2.18. The Kier molecular flexibility index (Phi) is 6.69. The van der Waals surface area contributed by atoms with Crippen LogP contribution in [0.5, 0.6) is 0 Å². The first kappa shape index (κ1) is 20.9. The van der Waals surface area contributed by atoms with E-state index in [-0.39, 0.29) is 12.0 Å². The van der Waals surface area contributed by atoms with E-state index in [1.807, 2.05) is 37.3 Å². The van der Waals surface area contributed by atoms with Crippen molar-refractivity contribution >= 4 is 11.9 Å². The van der Waals surface area contributed by atoms with Gasteiger partial charge in [0, 0.05) is 31.9 Å². The zero-order valence-corrected chi connectivity index (χ0v) is 18.0. The molecule has 1 N–H and O–H groups in total. The van der Waals surface area contributed by atoms with Crippen LogP contribution in [0.2, 0.25) is 0 Å². The number of esters is 1. The molecule has 4 rings (SSSR count). The number of aliphatic imine (C=N–C) groups is 1. The van der Waals surface area contributed by atoms with E-state index in [1.54, 1.807) is 0 Å². The molecular formula is C23H32N4O3. The molecule has 2 aliphatic heterocycles. The van der Waals surface area contributed by atoms with Gasteiger partial charge in [0.25, 0.3) is 0 Å². The molecule has 162 valence electrons. The molecule has 1 aromatic carbocycles. The lowest BCUT2D eigenvalue weighted by atomic mass is 9.94. The zero-order valence-electron chi connectivity index (χ0n) is 18.0. The van der Waals surface area contributed by atoms with Gasteiger partial charge in [-0.3, -0.25) is 9.89 Å². The van der Waals surface area contributed by atoms with Crippen LogP contribution in [-0.2, 0) is 14.3 Å². The van der Waals surface area contributed by atoms with Gasteiger partial charge in [0.1, 0.15) is 0 Å². The van der Waals surface area contributed by atoms with Crippen molar-refractivity contribution < 1.29 is 14.3 Å². The number of rotatable bonds is 7. The number of allylic oxidation sites excluding steroid dienone is 1. The van der Waals surface area contributed by atoms with Crippen molar-refractivity contribution in [3.8, 4) is 0 Å². The summed E-state index contributed by atoms with van der Waals surface area (Å²) in [6.45, 7) is 8.04. The highest BCUT2D eigenvalue weighted by atomic mass is 16.5. The molecule has 1 saturated carbocycles. The third kappa shape index (κ3) is 4.84. The lowest BCUT2D eigenvalue weighted by Gasteiger charge is -2.38. The minimum Gasteiger partial charge on any atom is -0.466 e. The van der Waals surface area contributed by atoms with Crippen LogP contribution in [-0.4, -0.2) is 74.8 Å². The molecule has 2 fully saturated rings.